The normalized spacial score (nSPS) is 15.6. The van der Waals surface area contributed by atoms with Crippen LogP contribution in [0.15, 0.2) is 12.2 Å². The number of hydrogen-bond acceptors (Lipinski definition) is 8. The van der Waals surface area contributed by atoms with Gasteiger partial charge in [0.05, 0.1) is 19.8 Å². The summed E-state index contributed by atoms with van der Waals surface area (Å²) in [6.45, 7) is 0.0415. The van der Waals surface area contributed by atoms with Crippen LogP contribution in [0.4, 0.5) is 0 Å². The van der Waals surface area contributed by atoms with Crippen LogP contribution in [-0.2, 0) is 23.1 Å². The first-order valence-corrected chi connectivity index (χ1v) is 12.7. The first-order valence-electron chi connectivity index (χ1n) is 11.2. The third-order valence-electron chi connectivity index (χ3n) is 4.40. The molecule has 0 aromatic rings. The van der Waals surface area contributed by atoms with Gasteiger partial charge in [-0.1, -0.05) is 51.2 Å². The second-order valence-corrected chi connectivity index (χ2v) is 8.96. The van der Waals surface area contributed by atoms with E-state index in [1.807, 2.05) is 0 Å². The second kappa shape index (κ2) is 19.9. The lowest BCUT2D eigenvalue weighted by atomic mass is 10.1. The van der Waals surface area contributed by atoms with Crippen molar-refractivity contribution in [1.82, 2.24) is 0 Å². The molecule has 0 bridgehead atoms. The maximum Gasteiger partial charge on any atom is 0.472 e. The molecule has 0 heterocycles. The third-order valence-corrected chi connectivity index (χ3v) is 5.35. The number of phosphoric ester groups is 1. The van der Waals surface area contributed by atoms with Crippen LogP contribution in [0.2, 0.25) is 0 Å². The Morgan fingerprint density at radius 3 is 2.03 bits per heavy atom. The smallest absolute Gasteiger partial charge is 0.463 e. The summed E-state index contributed by atoms with van der Waals surface area (Å²) in [7, 11) is -4.48. The van der Waals surface area contributed by atoms with E-state index in [1.54, 1.807) is 0 Å². The highest BCUT2D eigenvalue weighted by Gasteiger charge is 2.24. The number of rotatable bonds is 21. The lowest BCUT2D eigenvalue weighted by Crippen LogP contribution is -2.24. The second-order valence-electron chi connectivity index (χ2n) is 7.51. The number of unbranched alkanes of at least 4 members (excludes halogenated alkanes) is 8. The average Bonchev–Trinajstić information content (AvgIpc) is 2.75. The zero-order valence-electron chi connectivity index (χ0n) is 18.7. The summed E-state index contributed by atoms with van der Waals surface area (Å²) in [6.07, 6.45) is 13.2. The van der Waals surface area contributed by atoms with Crippen molar-refractivity contribution < 1.29 is 43.4 Å². The summed E-state index contributed by atoms with van der Waals surface area (Å²) in [5.74, 6) is -0.441. The van der Waals surface area contributed by atoms with Gasteiger partial charge in [0.25, 0.3) is 0 Å². The lowest BCUT2D eigenvalue weighted by molar-refractivity contribution is -0.147. The fraction of sp³-hybridized carbons (Fsp3) is 0.857. The number of hydrogen-bond donors (Lipinski definition) is 4. The molecule has 4 N–H and O–H groups in total. The van der Waals surface area contributed by atoms with Crippen LogP contribution < -0.4 is 0 Å². The van der Waals surface area contributed by atoms with Crippen molar-refractivity contribution in [2.45, 2.75) is 89.8 Å². The Morgan fingerprint density at radius 2 is 1.42 bits per heavy atom. The first kappa shape index (κ1) is 30.2. The highest BCUT2D eigenvalue weighted by Crippen LogP contribution is 2.43. The predicted molar refractivity (Wildman–Crippen MR) is 117 cm³/mol. The van der Waals surface area contributed by atoms with Gasteiger partial charge in [-0.25, -0.2) is 4.57 Å². The molecule has 0 fully saturated rings. The van der Waals surface area contributed by atoms with Crippen molar-refractivity contribution in [2.24, 2.45) is 0 Å². The number of allylic oxidation sites excluding steroid dienone is 2. The number of ether oxygens (including phenoxy) is 1. The number of aliphatic hydroxyl groups is 3. The summed E-state index contributed by atoms with van der Waals surface area (Å²) in [4.78, 5) is 21.0. The predicted octanol–water partition coefficient (Wildman–Crippen LogP) is 3.24. The van der Waals surface area contributed by atoms with E-state index in [4.69, 9.17) is 14.9 Å². The largest absolute Gasteiger partial charge is 0.472 e. The van der Waals surface area contributed by atoms with Crippen molar-refractivity contribution in [3.05, 3.63) is 12.2 Å². The molecule has 0 saturated carbocycles. The molecular weight excluding hydrogens is 427 g/mol. The fourth-order valence-electron chi connectivity index (χ4n) is 2.57. The fourth-order valence-corrected chi connectivity index (χ4v) is 3.37. The van der Waals surface area contributed by atoms with Gasteiger partial charge >= 0.3 is 13.8 Å². The monoisotopic (exact) mass is 468 g/mol. The van der Waals surface area contributed by atoms with Crippen LogP contribution >= 0.6 is 7.82 Å². The van der Waals surface area contributed by atoms with Gasteiger partial charge in [0.1, 0.15) is 18.8 Å². The Balaban J connectivity index is 3.63. The topological polar surface area (TPSA) is 143 Å². The molecule has 3 atom stereocenters. The van der Waals surface area contributed by atoms with Crippen molar-refractivity contribution in [3.8, 4) is 0 Å². The van der Waals surface area contributed by atoms with Crippen LogP contribution in [0.5, 0.6) is 0 Å². The molecule has 0 aliphatic heterocycles. The van der Waals surface area contributed by atoms with Crippen molar-refractivity contribution >= 4 is 13.8 Å². The van der Waals surface area contributed by atoms with E-state index >= 15 is 0 Å². The first-order chi connectivity index (χ1) is 14.8. The zero-order valence-corrected chi connectivity index (χ0v) is 19.6. The van der Waals surface area contributed by atoms with Crippen molar-refractivity contribution in [3.63, 3.8) is 0 Å². The minimum atomic E-state index is -4.48. The van der Waals surface area contributed by atoms with E-state index in [0.29, 0.717) is 6.42 Å². The van der Waals surface area contributed by atoms with Crippen LogP contribution in [-0.4, -0.2) is 64.8 Å². The van der Waals surface area contributed by atoms with E-state index in [2.05, 4.69) is 28.1 Å². The Hall–Kier alpha value is -0.800. The maximum absolute atomic E-state index is 11.7. The van der Waals surface area contributed by atoms with Gasteiger partial charge in [0.15, 0.2) is 0 Å². The quantitative estimate of drug-likeness (QED) is 0.0864. The van der Waals surface area contributed by atoms with E-state index in [0.717, 1.165) is 32.1 Å². The standard InChI is InChI=1S/C21H41O9P/c1-2-3-4-5-6-7-8-9-10-11-12-13-14-21(25)28-16-20(24)18-30-31(26,27)29-17-19(23)15-22/h6-7,19-20,22-24H,2-5,8-18H2,1H3,(H,26,27)/b7-6-/t19-,20+/m0/s1. The van der Waals surface area contributed by atoms with Crippen LogP contribution in [0.25, 0.3) is 0 Å². The van der Waals surface area contributed by atoms with Crippen molar-refractivity contribution in [2.75, 3.05) is 26.4 Å². The van der Waals surface area contributed by atoms with E-state index in [-0.39, 0.29) is 13.0 Å². The summed E-state index contributed by atoms with van der Waals surface area (Å²) < 4.78 is 25.4. The molecule has 31 heavy (non-hydrogen) atoms. The van der Waals surface area contributed by atoms with Gasteiger partial charge in [-0.15, -0.1) is 0 Å². The van der Waals surface area contributed by atoms with Crippen LogP contribution in [0.1, 0.15) is 77.6 Å². The molecule has 1 unspecified atom stereocenters. The Kier molecular flexibility index (Phi) is 19.3. The van der Waals surface area contributed by atoms with Crippen LogP contribution in [0.3, 0.4) is 0 Å². The van der Waals surface area contributed by atoms with Gasteiger partial charge < -0.3 is 24.9 Å². The Morgan fingerprint density at radius 1 is 0.871 bits per heavy atom. The molecule has 0 aliphatic carbocycles. The molecule has 0 aromatic carbocycles. The highest BCUT2D eigenvalue weighted by atomic mass is 31.2. The molecule has 0 amide bonds. The Labute approximate surface area is 186 Å². The summed E-state index contributed by atoms with van der Waals surface area (Å²) in [5.41, 5.74) is 0. The number of carbonyl (C=O) groups is 1. The van der Waals surface area contributed by atoms with Crippen molar-refractivity contribution in [1.29, 1.82) is 0 Å². The molecule has 10 heteroatoms. The number of esters is 1. The molecule has 0 rings (SSSR count). The zero-order chi connectivity index (χ0) is 23.4. The van der Waals surface area contributed by atoms with Crippen LogP contribution in [0, 0.1) is 0 Å². The van der Waals surface area contributed by atoms with Gasteiger partial charge in [-0.05, 0) is 32.1 Å². The molecule has 0 aliphatic rings. The summed E-state index contributed by atoms with van der Waals surface area (Å²) in [6, 6.07) is 0. The number of phosphoric acid groups is 1. The Bertz CT molecular complexity index is 513. The summed E-state index contributed by atoms with van der Waals surface area (Å²) in [5, 5.41) is 27.3. The van der Waals surface area contributed by atoms with Gasteiger partial charge in [-0.2, -0.15) is 0 Å². The van der Waals surface area contributed by atoms with E-state index < -0.39 is 45.8 Å². The van der Waals surface area contributed by atoms with Gasteiger partial charge in [0, 0.05) is 6.42 Å². The van der Waals surface area contributed by atoms with Gasteiger partial charge in [-0.3, -0.25) is 13.8 Å². The molecule has 9 nitrogen and oxygen atoms in total. The SMILES string of the molecule is CCCCC/C=C\CCCCCCCC(=O)OC[C@@H](O)COP(=O)(O)OC[C@@H](O)CO. The molecule has 0 saturated heterocycles. The third kappa shape index (κ3) is 20.8. The maximum atomic E-state index is 11.7. The number of aliphatic hydroxyl groups excluding tert-OH is 3. The minimum absolute atomic E-state index is 0.256. The minimum Gasteiger partial charge on any atom is -0.463 e. The number of carbonyl (C=O) groups excluding carboxylic acids is 1. The average molecular weight is 469 g/mol. The molecular formula is C21H41O9P. The lowest BCUT2D eigenvalue weighted by Gasteiger charge is -2.16. The molecule has 0 spiro atoms. The molecule has 0 radical (unpaired) electrons. The molecule has 0 aromatic heterocycles. The van der Waals surface area contributed by atoms with E-state index in [9.17, 15) is 19.4 Å². The van der Waals surface area contributed by atoms with E-state index in [1.165, 1.54) is 25.7 Å². The molecule has 184 valence electrons. The highest BCUT2D eigenvalue weighted by molar-refractivity contribution is 7.47. The van der Waals surface area contributed by atoms with Gasteiger partial charge in [0.2, 0.25) is 0 Å². The summed E-state index contributed by atoms with van der Waals surface area (Å²) >= 11 is 0.